The van der Waals surface area contributed by atoms with E-state index in [-0.39, 0.29) is 76.0 Å². The molecule has 0 saturated heterocycles. The first-order valence-electron chi connectivity index (χ1n) is 11.6. The molecule has 0 rings (SSSR count). The van der Waals surface area contributed by atoms with E-state index in [1.807, 2.05) is 0 Å². The summed E-state index contributed by atoms with van der Waals surface area (Å²) in [4.78, 5) is 3.82. The molecule has 0 aromatic rings. The van der Waals surface area contributed by atoms with Gasteiger partial charge in [-0.2, -0.15) is 8.42 Å². The van der Waals surface area contributed by atoms with Crippen LogP contribution in [0.15, 0.2) is 4.99 Å². The van der Waals surface area contributed by atoms with E-state index >= 15 is 0 Å². The van der Waals surface area contributed by atoms with E-state index < -0.39 is 10.1 Å². The minimum Gasteiger partial charge on any atom is -0.862 e. The topological polar surface area (TPSA) is 89.8 Å². The summed E-state index contributed by atoms with van der Waals surface area (Å²) in [5.41, 5.74) is 0. The van der Waals surface area contributed by atoms with Gasteiger partial charge in [0, 0.05) is 6.54 Å². The van der Waals surface area contributed by atoms with Crippen molar-refractivity contribution in [1.82, 2.24) is 0 Å². The molecule has 29 heavy (non-hydrogen) atoms. The Balaban J connectivity index is 0. The summed E-state index contributed by atoms with van der Waals surface area (Å²) in [5.74, 6) is -0.483. The van der Waals surface area contributed by atoms with Crippen molar-refractivity contribution in [3.63, 3.8) is 0 Å². The molecular weight excluding hydrogens is 413 g/mol. The van der Waals surface area contributed by atoms with Gasteiger partial charge in [-0.3, -0.25) is 4.55 Å². The molecule has 0 radical (unpaired) electrons. The van der Waals surface area contributed by atoms with Crippen LogP contribution >= 0.6 is 0 Å². The molecule has 0 saturated carbocycles. The van der Waals surface area contributed by atoms with Crippen LogP contribution < -0.4 is 56.5 Å². The molecule has 0 unspecified atom stereocenters. The van der Waals surface area contributed by atoms with Crippen LogP contribution in [0.1, 0.15) is 122 Å². The van der Waals surface area contributed by atoms with Crippen LogP contribution in [-0.4, -0.2) is 31.2 Å². The molecule has 0 amide bonds. The standard InChI is InChI=1S/C22H45NO4S.K/c1-2-3-4-5-6-7-8-9-10-11-12-13-14-15-16-17-19-22(24)23-20-18-21-28(25,26)27;/h2-21H2,1H3,(H,23,24)(H,25,26,27);/q;+1/p-1. The van der Waals surface area contributed by atoms with Crippen LogP contribution in [-0.2, 0) is 10.1 Å². The number of hydrogen-bond acceptors (Lipinski definition) is 4. The first kappa shape index (κ1) is 32.2. The molecule has 0 aliphatic rings. The van der Waals surface area contributed by atoms with Gasteiger partial charge in [0.25, 0.3) is 10.1 Å². The molecule has 0 aromatic carbocycles. The van der Waals surface area contributed by atoms with E-state index in [1.165, 1.54) is 89.9 Å². The normalized spacial score (nSPS) is 12.1. The van der Waals surface area contributed by atoms with Gasteiger partial charge < -0.3 is 10.1 Å². The Hall–Kier alpha value is 1.02. The minimum absolute atomic E-state index is 0. The summed E-state index contributed by atoms with van der Waals surface area (Å²) < 4.78 is 29.7. The van der Waals surface area contributed by atoms with Gasteiger partial charge in [0.2, 0.25) is 0 Å². The second kappa shape index (κ2) is 23.7. The van der Waals surface area contributed by atoms with Gasteiger partial charge in [-0.05, 0) is 25.2 Å². The molecule has 0 aliphatic heterocycles. The van der Waals surface area contributed by atoms with Crippen LogP contribution in [0.5, 0.6) is 0 Å². The molecular formula is C22H44KNO4S. The molecule has 0 bridgehead atoms. The van der Waals surface area contributed by atoms with Crippen molar-refractivity contribution in [2.75, 3.05) is 12.3 Å². The summed E-state index contributed by atoms with van der Waals surface area (Å²) in [5, 5.41) is 11.5. The number of aliphatic imine (C=N–C) groups is 1. The van der Waals surface area contributed by atoms with E-state index in [0.717, 1.165) is 12.8 Å². The fourth-order valence-corrected chi connectivity index (χ4v) is 3.85. The molecule has 7 heteroatoms. The first-order chi connectivity index (χ1) is 13.5. The zero-order valence-electron chi connectivity index (χ0n) is 19.2. The Morgan fingerprint density at radius 3 is 1.48 bits per heavy atom. The van der Waals surface area contributed by atoms with E-state index in [9.17, 15) is 13.5 Å². The zero-order valence-corrected chi connectivity index (χ0v) is 23.1. The molecule has 0 heterocycles. The minimum atomic E-state index is -3.94. The van der Waals surface area contributed by atoms with Gasteiger partial charge in [-0.1, -0.05) is 103 Å². The largest absolute Gasteiger partial charge is 1.00 e. The third-order valence-corrected chi connectivity index (χ3v) is 5.90. The molecule has 5 nitrogen and oxygen atoms in total. The molecule has 0 fully saturated rings. The van der Waals surface area contributed by atoms with Gasteiger partial charge in [0.15, 0.2) is 0 Å². The van der Waals surface area contributed by atoms with E-state index in [2.05, 4.69) is 11.9 Å². The molecule has 168 valence electrons. The summed E-state index contributed by atoms with van der Waals surface area (Å²) in [7, 11) is -3.94. The maximum Gasteiger partial charge on any atom is 1.00 e. The summed E-state index contributed by atoms with van der Waals surface area (Å²) in [6.45, 7) is 2.44. The third-order valence-electron chi connectivity index (χ3n) is 5.09. The quantitative estimate of drug-likeness (QED) is 0.0943. The second-order valence-corrected chi connectivity index (χ2v) is 9.54. The van der Waals surface area contributed by atoms with Gasteiger partial charge in [0.1, 0.15) is 0 Å². The molecule has 0 aromatic heterocycles. The monoisotopic (exact) mass is 457 g/mol. The summed E-state index contributed by atoms with van der Waals surface area (Å²) in [6.07, 6.45) is 21.5. The van der Waals surface area contributed by atoms with E-state index in [1.54, 1.807) is 0 Å². The Morgan fingerprint density at radius 2 is 1.10 bits per heavy atom. The third kappa shape index (κ3) is 29.0. The smallest absolute Gasteiger partial charge is 0.862 e. The zero-order chi connectivity index (χ0) is 20.9. The molecule has 0 atom stereocenters. The fraction of sp³-hybridized carbons (Fsp3) is 0.955. The summed E-state index contributed by atoms with van der Waals surface area (Å²) >= 11 is 0. The summed E-state index contributed by atoms with van der Waals surface area (Å²) in [6, 6.07) is 0. The number of rotatable bonds is 21. The van der Waals surface area contributed by atoms with Crippen LogP contribution in [0.2, 0.25) is 0 Å². The fourth-order valence-electron chi connectivity index (χ4n) is 3.35. The maximum absolute atomic E-state index is 11.5. The van der Waals surface area contributed by atoms with Crippen molar-refractivity contribution in [3.8, 4) is 0 Å². The van der Waals surface area contributed by atoms with Crippen molar-refractivity contribution in [2.24, 2.45) is 4.99 Å². The van der Waals surface area contributed by atoms with Gasteiger partial charge in [-0.15, -0.1) is 0 Å². The predicted octanol–water partition coefficient (Wildman–Crippen LogP) is 2.68. The molecule has 0 spiro atoms. The van der Waals surface area contributed by atoms with Gasteiger partial charge in [-0.25, -0.2) is 0 Å². The number of unbranched alkanes of at least 4 members (excludes halogenated alkanes) is 15. The van der Waals surface area contributed by atoms with Crippen molar-refractivity contribution in [3.05, 3.63) is 0 Å². The van der Waals surface area contributed by atoms with Crippen molar-refractivity contribution < 1.29 is 69.5 Å². The molecule has 0 aliphatic carbocycles. The van der Waals surface area contributed by atoms with Crippen LogP contribution in [0.4, 0.5) is 0 Å². The van der Waals surface area contributed by atoms with Crippen LogP contribution in [0, 0.1) is 0 Å². The Morgan fingerprint density at radius 1 is 0.724 bits per heavy atom. The Bertz CT molecular complexity index is 469. The van der Waals surface area contributed by atoms with Gasteiger partial charge in [0.05, 0.1) is 5.75 Å². The van der Waals surface area contributed by atoms with Crippen molar-refractivity contribution >= 4 is 16.0 Å². The molecule has 1 N–H and O–H groups in total. The average molecular weight is 458 g/mol. The number of nitrogens with zero attached hydrogens (tertiary/aromatic N) is 1. The first-order valence-corrected chi connectivity index (χ1v) is 13.2. The second-order valence-electron chi connectivity index (χ2n) is 7.97. The van der Waals surface area contributed by atoms with Crippen LogP contribution in [0.3, 0.4) is 0 Å². The van der Waals surface area contributed by atoms with Crippen LogP contribution in [0.25, 0.3) is 0 Å². The van der Waals surface area contributed by atoms with E-state index in [0.29, 0.717) is 6.42 Å². The SMILES string of the molecule is CCCCCCCCCCCCCCCCCCC([O-])=NCCCS(=O)(=O)O.[K+]. The predicted molar refractivity (Wildman–Crippen MR) is 117 cm³/mol. The Kier molecular flexibility index (Phi) is 26.3. The number of hydrogen-bond donors (Lipinski definition) is 1. The Labute approximate surface area is 223 Å². The van der Waals surface area contributed by atoms with Gasteiger partial charge >= 0.3 is 51.4 Å². The van der Waals surface area contributed by atoms with E-state index in [4.69, 9.17) is 4.55 Å². The maximum atomic E-state index is 11.5. The van der Waals surface area contributed by atoms with Crippen molar-refractivity contribution in [2.45, 2.75) is 122 Å². The van der Waals surface area contributed by atoms with Crippen molar-refractivity contribution in [1.29, 1.82) is 0 Å². The average Bonchev–Trinajstić information content (AvgIpc) is 2.64.